The number of carbonyl (C=O) groups is 2. The van der Waals surface area contributed by atoms with Gasteiger partial charge in [0.05, 0.1) is 25.2 Å². The molecule has 0 aliphatic heterocycles. The van der Waals surface area contributed by atoms with Gasteiger partial charge >= 0.3 is 5.97 Å². The maximum Gasteiger partial charge on any atom is 0.308 e. The lowest BCUT2D eigenvalue weighted by atomic mass is 10.0. The van der Waals surface area contributed by atoms with E-state index in [-0.39, 0.29) is 37.4 Å². The molecule has 0 unspecified atom stereocenters. The summed E-state index contributed by atoms with van der Waals surface area (Å²) in [6.45, 7) is 11.6. The Bertz CT molecular complexity index is 1150. The number of fused-ring (bicyclic) bond motifs is 1. The van der Waals surface area contributed by atoms with Gasteiger partial charge in [-0.15, -0.1) is 0 Å². The van der Waals surface area contributed by atoms with Gasteiger partial charge in [-0.05, 0) is 71.2 Å². The van der Waals surface area contributed by atoms with Crippen molar-refractivity contribution in [1.82, 2.24) is 24.9 Å². The number of rotatable bonds is 10. The van der Waals surface area contributed by atoms with E-state index in [4.69, 9.17) is 9.47 Å². The second-order valence-electron chi connectivity index (χ2n) is 8.50. The highest BCUT2D eigenvalue weighted by molar-refractivity contribution is 5.78. The molecule has 1 amide bonds. The first-order chi connectivity index (χ1) is 16.2. The molecule has 34 heavy (non-hydrogen) atoms. The Balaban J connectivity index is 1.72. The molecule has 1 aromatic carbocycles. The summed E-state index contributed by atoms with van der Waals surface area (Å²) in [6.07, 6.45) is 0.853. The highest BCUT2D eigenvalue weighted by atomic mass is 16.5. The summed E-state index contributed by atoms with van der Waals surface area (Å²) in [4.78, 5) is 33.9. The van der Waals surface area contributed by atoms with Crippen LogP contribution >= 0.6 is 0 Å². The molecular weight excluding hydrogens is 434 g/mol. The molecule has 0 bridgehead atoms. The number of hydrogen-bond acceptors (Lipinski definition) is 7. The summed E-state index contributed by atoms with van der Waals surface area (Å²) in [5, 5.41) is 7.38. The minimum absolute atomic E-state index is 0.0494. The van der Waals surface area contributed by atoms with Crippen molar-refractivity contribution >= 4 is 17.7 Å². The van der Waals surface area contributed by atoms with Crippen LogP contribution in [0.2, 0.25) is 0 Å². The van der Waals surface area contributed by atoms with Gasteiger partial charge in [-0.3, -0.25) is 9.59 Å². The molecule has 0 radical (unpaired) electrons. The van der Waals surface area contributed by atoms with E-state index in [2.05, 4.69) is 20.4 Å². The van der Waals surface area contributed by atoms with Crippen molar-refractivity contribution in [2.45, 2.75) is 73.0 Å². The van der Waals surface area contributed by atoms with Crippen molar-refractivity contribution in [2.75, 3.05) is 6.61 Å². The molecule has 1 N–H and O–H groups in total. The highest BCUT2D eigenvalue weighted by Gasteiger charge is 2.20. The van der Waals surface area contributed by atoms with Gasteiger partial charge in [-0.1, -0.05) is 12.1 Å². The molecule has 182 valence electrons. The van der Waals surface area contributed by atoms with E-state index in [9.17, 15) is 9.59 Å². The van der Waals surface area contributed by atoms with E-state index in [0.29, 0.717) is 18.0 Å². The van der Waals surface area contributed by atoms with Crippen LogP contribution in [0.15, 0.2) is 24.3 Å². The highest BCUT2D eigenvalue weighted by Crippen LogP contribution is 2.22. The molecule has 1 atom stereocenters. The predicted octanol–water partition coefficient (Wildman–Crippen LogP) is 3.58. The van der Waals surface area contributed by atoms with Crippen LogP contribution in [0.5, 0.6) is 5.75 Å². The summed E-state index contributed by atoms with van der Waals surface area (Å²) in [5.74, 6) is 1.41. The molecule has 9 nitrogen and oxygen atoms in total. The van der Waals surface area contributed by atoms with Crippen LogP contribution in [-0.4, -0.2) is 44.2 Å². The van der Waals surface area contributed by atoms with Crippen LogP contribution in [0.3, 0.4) is 0 Å². The van der Waals surface area contributed by atoms with Crippen molar-refractivity contribution < 1.29 is 19.1 Å². The number of nitrogens with one attached hydrogen (secondary N) is 1. The third-order valence-electron chi connectivity index (χ3n) is 5.42. The molecule has 0 spiro atoms. The zero-order chi connectivity index (χ0) is 24.8. The maximum atomic E-state index is 12.9. The number of esters is 1. The van der Waals surface area contributed by atoms with Crippen LogP contribution in [0.4, 0.5) is 0 Å². The lowest BCUT2D eigenvalue weighted by Gasteiger charge is -2.20. The first-order valence-electron chi connectivity index (χ1n) is 11.6. The third-order valence-corrected chi connectivity index (χ3v) is 5.42. The number of carbonyl (C=O) groups excluding carboxylic acids is 2. The number of amides is 1. The largest absolute Gasteiger partial charge is 0.491 e. The predicted molar refractivity (Wildman–Crippen MR) is 128 cm³/mol. The van der Waals surface area contributed by atoms with Crippen molar-refractivity contribution in [3.63, 3.8) is 0 Å². The van der Waals surface area contributed by atoms with Crippen molar-refractivity contribution in [2.24, 2.45) is 0 Å². The summed E-state index contributed by atoms with van der Waals surface area (Å²) in [6, 6.07) is 6.91. The van der Waals surface area contributed by atoms with E-state index in [1.807, 2.05) is 58.9 Å². The fraction of sp³-hybridized carbons (Fsp3) is 0.480. The Morgan fingerprint density at radius 2 is 1.79 bits per heavy atom. The zero-order valence-corrected chi connectivity index (χ0v) is 20.7. The summed E-state index contributed by atoms with van der Waals surface area (Å²) in [5.41, 5.74) is 3.52. The summed E-state index contributed by atoms with van der Waals surface area (Å²) in [7, 11) is 0. The van der Waals surface area contributed by atoms with Crippen molar-refractivity contribution in [3.05, 3.63) is 52.6 Å². The van der Waals surface area contributed by atoms with E-state index in [0.717, 1.165) is 28.3 Å². The summed E-state index contributed by atoms with van der Waals surface area (Å²) < 4.78 is 12.5. The average molecular weight is 468 g/mol. The molecule has 2 heterocycles. The van der Waals surface area contributed by atoms with Crippen LogP contribution in [0.1, 0.15) is 68.0 Å². The molecule has 0 aliphatic carbocycles. The number of nitrogens with zero attached hydrogens (tertiary/aromatic N) is 4. The van der Waals surface area contributed by atoms with E-state index in [1.165, 1.54) is 0 Å². The van der Waals surface area contributed by atoms with E-state index >= 15 is 0 Å². The van der Waals surface area contributed by atoms with Crippen LogP contribution in [0.25, 0.3) is 5.78 Å². The standard InChI is InChI=1S/C25H33N5O4/c1-7-33-24(32)14-22(19-8-10-20(11-9-19)34-15(2)3)28-23(31)13-12-21-16(4)26-25-27-18(6)29-30(25)17(21)5/h8-11,15,22H,7,12-14H2,1-6H3,(H,28,31)/t22-/m1/s1. The number of ether oxygens (including phenoxy) is 2. The third kappa shape index (κ3) is 6.30. The van der Waals surface area contributed by atoms with Crippen molar-refractivity contribution in [1.29, 1.82) is 0 Å². The van der Waals surface area contributed by atoms with Gasteiger partial charge in [0, 0.05) is 17.8 Å². The lowest BCUT2D eigenvalue weighted by Crippen LogP contribution is -2.31. The fourth-order valence-electron chi connectivity index (χ4n) is 3.86. The number of aromatic nitrogens is 4. The smallest absolute Gasteiger partial charge is 0.308 e. The maximum absolute atomic E-state index is 12.9. The lowest BCUT2D eigenvalue weighted by molar-refractivity contribution is -0.143. The first kappa shape index (κ1) is 25.1. The molecule has 3 aromatic rings. The molecule has 3 rings (SSSR count). The molecule has 0 saturated carbocycles. The van der Waals surface area contributed by atoms with Crippen LogP contribution in [-0.2, 0) is 20.7 Å². The van der Waals surface area contributed by atoms with Gasteiger partial charge in [0.15, 0.2) is 0 Å². The van der Waals surface area contributed by atoms with Gasteiger partial charge in [-0.2, -0.15) is 10.1 Å². The second-order valence-corrected chi connectivity index (χ2v) is 8.50. The Labute approximate surface area is 199 Å². The second kappa shape index (κ2) is 11.1. The Morgan fingerprint density at radius 1 is 1.09 bits per heavy atom. The minimum Gasteiger partial charge on any atom is -0.491 e. The van der Waals surface area contributed by atoms with Gasteiger partial charge in [-0.25, -0.2) is 9.50 Å². The van der Waals surface area contributed by atoms with Crippen LogP contribution < -0.4 is 10.1 Å². The molecule has 9 heteroatoms. The Hall–Kier alpha value is -3.49. The average Bonchev–Trinajstić information content (AvgIpc) is 3.13. The normalized spacial score (nSPS) is 12.1. The SMILES string of the molecule is CCOC(=O)C[C@@H](NC(=O)CCc1c(C)nc2nc(C)nn2c1C)c1ccc(OC(C)C)cc1. The molecule has 0 fully saturated rings. The molecule has 0 saturated heterocycles. The first-order valence-corrected chi connectivity index (χ1v) is 11.6. The van der Waals surface area contributed by atoms with Gasteiger partial charge in [0.1, 0.15) is 11.6 Å². The fourth-order valence-corrected chi connectivity index (χ4v) is 3.86. The van der Waals surface area contributed by atoms with Crippen LogP contribution in [0, 0.1) is 20.8 Å². The van der Waals surface area contributed by atoms with Crippen molar-refractivity contribution in [3.8, 4) is 5.75 Å². The number of aryl methyl sites for hydroxylation is 3. The number of hydrogen-bond donors (Lipinski definition) is 1. The minimum atomic E-state index is -0.500. The monoisotopic (exact) mass is 467 g/mol. The topological polar surface area (TPSA) is 108 Å². The summed E-state index contributed by atoms with van der Waals surface area (Å²) >= 11 is 0. The molecular formula is C25H33N5O4. The van der Waals surface area contributed by atoms with Gasteiger partial charge in [0.2, 0.25) is 5.91 Å². The zero-order valence-electron chi connectivity index (χ0n) is 20.7. The van der Waals surface area contributed by atoms with E-state index in [1.54, 1.807) is 11.4 Å². The number of benzene rings is 1. The van der Waals surface area contributed by atoms with E-state index < -0.39 is 6.04 Å². The Morgan fingerprint density at radius 3 is 2.44 bits per heavy atom. The molecule has 2 aromatic heterocycles. The van der Waals surface area contributed by atoms with Gasteiger partial charge in [0.25, 0.3) is 5.78 Å². The molecule has 0 aliphatic rings. The Kier molecular flexibility index (Phi) is 8.20. The van der Waals surface area contributed by atoms with Gasteiger partial charge < -0.3 is 14.8 Å². The quantitative estimate of drug-likeness (QED) is 0.454.